The maximum Gasteiger partial charge on any atom is 0.369 e. The first kappa shape index (κ1) is 15.2. The number of aromatic nitrogens is 4. The van der Waals surface area contributed by atoms with Crippen LogP contribution in [-0.2, 0) is 12.8 Å². The predicted octanol–water partition coefficient (Wildman–Crippen LogP) is 3.78. The van der Waals surface area contributed by atoms with Gasteiger partial charge in [0, 0.05) is 18.0 Å². The molecule has 0 spiro atoms. The summed E-state index contributed by atoms with van der Waals surface area (Å²) in [5.41, 5.74) is 4.08. The molecule has 0 aliphatic rings. The SMILES string of the molecule is CCCc1nn(C(=O)n2cccn2)c(CC)c1-c1ccccc1. The second-order valence-corrected chi connectivity index (χ2v) is 5.38. The molecule has 0 aliphatic carbocycles. The summed E-state index contributed by atoms with van der Waals surface area (Å²) in [6.45, 7) is 4.17. The van der Waals surface area contributed by atoms with Crippen LogP contribution in [-0.4, -0.2) is 25.6 Å². The summed E-state index contributed by atoms with van der Waals surface area (Å²) in [7, 11) is 0. The topological polar surface area (TPSA) is 52.7 Å². The second kappa shape index (κ2) is 6.60. The standard InChI is InChI=1S/C18H20N4O/c1-3-9-15-17(14-10-6-5-7-11-14)16(4-2)22(20-15)18(23)21-13-8-12-19-21/h5-8,10-13H,3-4,9H2,1-2H3. The first-order valence-corrected chi connectivity index (χ1v) is 7.96. The highest BCUT2D eigenvalue weighted by atomic mass is 16.2. The van der Waals surface area contributed by atoms with Crippen LogP contribution in [0.15, 0.2) is 48.8 Å². The first-order chi connectivity index (χ1) is 11.3. The van der Waals surface area contributed by atoms with Crippen LogP contribution in [0.5, 0.6) is 0 Å². The average Bonchev–Trinajstić information content (AvgIpc) is 3.23. The number of nitrogens with zero attached hydrogens (tertiary/aromatic N) is 4. The quantitative estimate of drug-likeness (QED) is 0.737. The van der Waals surface area contributed by atoms with Gasteiger partial charge in [-0.15, -0.1) is 0 Å². The van der Waals surface area contributed by atoms with Gasteiger partial charge in [0.1, 0.15) is 0 Å². The molecule has 118 valence electrons. The Hall–Kier alpha value is -2.69. The van der Waals surface area contributed by atoms with Gasteiger partial charge in [0.05, 0.1) is 11.4 Å². The Bertz CT molecular complexity index is 788. The molecule has 23 heavy (non-hydrogen) atoms. The predicted molar refractivity (Wildman–Crippen MR) is 89.5 cm³/mol. The van der Waals surface area contributed by atoms with E-state index in [0.717, 1.165) is 41.8 Å². The van der Waals surface area contributed by atoms with E-state index >= 15 is 0 Å². The average molecular weight is 308 g/mol. The lowest BCUT2D eigenvalue weighted by atomic mass is 10.00. The van der Waals surface area contributed by atoms with Gasteiger partial charge in [-0.3, -0.25) is 0 Å². The van der Waals surface area contributed by atoms with Crippen molar-refractivity contribution in [2.75, 3.05) is 0 Å². The number of benzene rings is 1. The molecule has 0 radical (unpaired) electrons. The minimum Gasteiger partial charge on any atom is -0.244 e. The molecule has 0 atom stereocenters. The summed E-state index contributed by atoms with van der Waals surface area (Å²) in [5.74, 6) is 0. The molecule has 5 heteroatoms. The summed E-state index contributed by atoms with van der Waals surface area (Å²) < 4.78 is 2.82. The highest BCUT2D eigenvalue weighted by molar-refractivity contribution is 5.81. The van der Waals surface area contributed by atoms with Gasteiger partial charge in [-0.25, -0.2) is 4.79 Å². The summed E-state index contributed by atoms with van der Waals surface area (Å²) in [4.78, 5) is 12.7. The summed E-state index contributed by atoms with van der Waals surface area (Å²) in [5, 5.41) is 8.64. The molecule has 0 fully saturated rings. The van der Waals surface area contributed by atoms with E-state index in [2.05, 4.69) is 29.3 Å². The number of aryl methyl sites for hydroxylation is 1. The van der Waals surface area contributed by atoms with Crippen LogP contribution in [0.3, 0.4) is 0 Å². The van der Waals surface area contributed by atoms with Crippen LogP contribution in [0.2, 0.25) is 0 Å². The number of hydrogen-bond donors (Lipinski definition) is 0. The van der Waals surface area contributed by atoms with Crippen LogP contribution >= 0.6 is 0 Å². The zero-order valence-electron chi connectivity index (χ0n) is 13.4. The minimum absolute atomic E-state index is 0.244. The Kier molecular flexibility index (Phi) is 4.37. The number of rotatable bonds is 4. The third kappa shape index (κ3) is 2.82. The Morgan fingerprint density at radius 2 is 1.91 bits per heavy atom. The molecule has 0 aliphatic heterocycles. The van der Waals surface area contributed by atoms with E-state index in [0.29, 0.717) is 0 Å². The Labute approximate surface area is 135 Å². The molecule has 0 amide bonds. The highest BCUT2D eigenvalue weighted by Gasteiger charge is 2.22. The van der Waals surface area contributed by atoms with E-state index in [-0.39, 0.29) is 6.03 Å². The maximum atomic E-state index is 12.7. The lowest BCUT2D eigenvalue weighted by Gasteiger charge is -2.07. The summed E-state index contributed by atoms with van der Waals surface area (Å²) in [6, 6.07) is 11.6. The van der Waals surface area contributed by atoms with Gasteiger partial charge in [0.25, 0.3) is 0 Å². The van der Waals surface area contributed by atoms with Crippen molar-refractivity contribution >= 4 is 6.03 Å². The molecule has 5 nitrogen and oxygen atoms in total. The van der Waals surface area contributed by atoms with Crippen molar-refractivity contribution in [1.82, 2.24) is 19.6 Å². The summed E-state index contributed by atoms with van der Waals surface area (Å²) >= 11 is 0. The minimum atomic E-state index is -0.244. The van der Waals surface area contributed by atoms with Crippen LogP contribution in [0, 0.1) is 0 Å². The van der Waals surface area contributed by atoms with Gasteiger partial charge in [0.15, 0.2) is 0 Å². The van der Waals surface area contributed by atoms with Crippen LogP contribution in [0.1, 0.15) is 31.7 Å². The Balaban J connectivity index is 2.16. The molecule has 0 unspecified atom stereocenters. The molecular formula is C18H20N4O. The van der Waals surface area contributed by atoms with Gasteiger partial charge in [0.2, 0.25) is 0 Å². The van der Waals surface area contributed by atoms with Gasteiger partial charge in [-0.05, 0) is 24.5 Å². The van der Waals surface area contributed by atoms with Crippen LogP contribution in [0.4, 0.5) is 4.79 Å². The molecule has 2 aromatic heterocycles. The van der Waals surface area contributed by atoms with Crippen LogP contribution < -0.4 is 0 Å². The summed E-state index contributed by atoms with van der Waals surface area (Å²) in [6.07, 6.45) is 5.80. The normalized spacial score (nSPS) is 10.9. The van der Waals surface area contributed by atoms with Crippen LogP contribution in [0.25, 0.3) is 11.1 Å². The van der Waals surface area contributed by atoms with Gasteiger partial charge >= 0.3 is 6.03 Å². The van der Waals surface area contributed by atoms with E-state index in [9.17, 15) is 4.79 Å². The lowest BCUT2D eigenvalue weighted by Crippen LogP contribution is -2.23. The van der Waals surface area contributed by atoms with E-state index in [1.807, 2.05) is 25.1 Å². The van der Waals surface area contributed by atoms with E-state index < -0.39 is 0 Å². The fourth-order valence-electron chi connectivity index (χ4n) is 2.82. The molecule has 1 aromatic carbocycles. The van der Waals surface area contributed by atoms with E-state index in [1.165, 1.54) is 9.36 Å². The molecule has 0 saturated heterocycles. The third-order valence-electron chi connectivity index (χ3n) is 3.82. The molecule has 2 heterocycles. The zero-order valence-corrected chi connectivity index (χ0v) is 13.4. The molecule has 3 rings (SSSR count). The molecule has 0 N–H and O–H groups in total. The van der Waals surface area contributed by atoms with Crippen molar-refractivity contribution < 1.29 is 4.79 Å². The largest absolute Gasteiger partial charge is 0.369 e. The molecule has 3 aromatic rings. The van der Waals surface area contributed by atoms with Crippen molar-refractivity contribution in [3.63, 3.8) is 0 Å². The van der Waals surface area contributed by atoms with Crippen molar-refractivity contribution in [3.05, 3.63) is 60.2 Å². The van der Waals surface area contributed by atoms with Gasteiger partial charge < -0.3 is 0 Å². The number of carbonyl (C=O) groups is 1. The highest BCUT2D eigenvalue weighted by Crippen LogP contribution is 2.29. The maximum absolute atomic E-state index is 12.7. The second-order valence-electron chi connectivity index (χ2n) is 5.38. The number of hydrogen-bond acceptors (Lipinski definition) is 3. The van der Waals surface area contributed by atoms with Crippen molar-refractivity contribution in [2.24, 2.45) is 0 Å². The fraction of sp³-hybridized carbons (Fsp3) is 0.278. The van der Waals surface area contributed by atoms with Crippen molar-refractivity contribution in [3.8, 4) is 11.1 Å². The Morgan fingerprint density at radius 3 is 2.52 bits per heavy atom. The monoisotopic (exact) mass is 308 g/mol. The first-order valence-electron chi connectivity index (χ1n) is 7.96. The van der Waals surface area contributed by atoms with E-state index in [4.69, 9.17) is 0 Å². The lowest BCUT2D eigenvalue weighted by molar-refractivity contribution is 0.237. The van der Waals surface area contributed by atoms with Crippen molar-refractivity contribution in [2.45, 2.75) is 33.1 Å². The third-order valence-corrected chi connectivity index (χ3v) is 3.82. The van der Waals surface area contributed by atoms with E-state index in [1.54, 1.807) is 18.5 Å². The molecular weight excluding hydrogens is 288 g/mol. The van der Waals surface area contributed by atoms with Gasteiger partial charge in [-0.2, -0.15) is 19.6 Å². The smallest absolute Gasteiger partial charge is 0.244 e. The molecule has 0 saturated carbocycles. The Morgan fingerprint density at radius 1 is 1.13 bits per heavy atom. The number of carbonyl (C=O) groups excluding carboxylic acids is 1. The fourth-order valence-corrected chi connectivity index (χ4v) is 2.82. The zero-order chi connectivity index (χ0) is 16.2. The van der Waals surface area contributed by atoms with Gasteiger partial charge in [-0.1, -0.05) is 50.6 Å². The van der Waals surface area contributed by atoms with Crippen molar-refractivity contribution in [1.29, 1.82) is 0 Å². The molecule has 0 bridgehead atoms.